The van der Waals surface area contributed by atoms with E-state index in [9.17, 15) is 0 Å². The summed E-state index contributed by atoms with van der Waals surface area (Å²) < 4.78 is 5.30. The van der Waals surface area contributed by atoms with Crippen molar-refractivity contribution in [2.45, 2.75) is 32.7 Å². The predicted molar refractivity (Wildman–Crippen MR) is 64.2 cm³/mol. The van der Waals surface area contributed by atoms with Crippen molar-refractivity contribution in [3.63, 3.8) is 0 Å². The van der Waals surface area contributed by atoms with E-state index in [1.165, 1.54) is 25.9 Å². The second-order valence-corrected chi connectivity index (χ2v) is 4.47. The van der Waals surface area contributed by atoms with E-state index in [2.05, 4.69) is 24.1 Å². The van der Waals surface area contributed by atoms with E-state index in [0.29, 0.717) is 6.04 Å². The van der Waals surface area contributed by atoms with E-state index in [4.69, 9.17) is 4.74 Å². The topological polar surface area (TPSA) is 24.5 Å². The lowest BCUT2D eigenvalue weighted by Gasteiger charge is -2.27. The Hall–Kier alpha value is -0.120. The van der Waals surface area contributed by atoms with E-state index in [1.807, 2.05) is 0 Å². The zero-order valence-electron chi connectivity index (χ0n) is 10.5. The number of likely N-dealkylation sites (tertiary alicyclic amines) is 1. The fourth-order valence-corrected chi connectivity index (χ4v) is 2.32. The number of hydrogen-bond acceptors (Lipinski definition) is 3. The molecule has 1 heterocycles. The highest BCUT2D eigenvalue weighted by Gasteiger charge is 2.26. The van der Waals surface area contributed by atoms with Gasteiger partial charge in [-0.15, -0.1) is 0 Å². The monoisotopic (exact) mass is 214 g/mol. The molecule has 0 aromatic heterocycles. The van der Waals surface area contributed by atoms with Gasteiger partial charge >= 0.3 is 0 Å². The van der Waals surface area contributed by atoms with Crippen LogP contribution in [0.3, 0.4) is 0 Å². The van der Waals surface area contributed by atoms with Gasteiger partial charge < -0.3 is 10.1 Å². The maximum absolute atomic E-state index is 5.30. The first-order chi connectivity index (χ1) is 7.31. The summed E-state index contributed by atoms with van der Waals surface area (Å²) in [5, 5.41) is 3.42. The molecule has 0 aromatic carbocycles. The number of methoxy groups -OCH3 is 1. The lowest BCUT2D eigenvalue weighted by atomic mass is 10.1. The Labute approximate surface area is 94.2 Å². The lowest BCUT2D eigenvalue weighted by Crippen LogP contribution is -2.44. The van der Waals surface area contributed by atoms with E-state index in [1.54, 1.807) is 7.11 Å². The lowest BCUT2D eigenvalue weighted by molar-refractivity contribution is 0.102. The normalized spacial score (nSPS) is 24.6. The largest absolute Gasteiger partial charge is 0.383 e. The molecule has 1 rings (SSSR count). The first kappa shape index (κ1) is 12.9. The highest BCUT2D eigenvalue weighted by molar-refractivity contribution is 4.82. The van der Waals surface area contributed by atoms with Crippen molar-refractivity contribution in [2.24, 2.45) is 5.92 Å². The molecule has 1 aliphatic rings. The molecule has 0 radical (unpaired) electrons. The Morgan fingerprint density at radius 2 is 2.27 bits per heavy atom. The van der Waals surface area contributed by atoms with Gasteiger partial charge in [-0.1, -0.05) is 20.3 Å². The van der Waals surface area contributed by atoms with Crippen LogP contribution in [0.4, 0.5) is 0 Å². The van der Waals surface area contributed by atoms with Crippen molar-refractivity contribution in [3.8, 4) is 0 Å². The molecule has 2 unspecified atom stereocenters. The SMILES string of the molecule is CCNCC(COC)N1CCC(CC)C1. The molecule has 1 N–H and O–H groups in total. The molecule has 15 heavy (non-hydrogen) atoms. The fourth-order valence-electron chi connectivity index (χ4n) is 2.32. The average molecular weight is 214 g/mol. The van der Waals surface area contributed by atoms with Crippen molar-refractivity contribution < 1.29 is 4.74 Å². The van der Waals surface area contributed by atoms with Crippen molar-refractivity contribution in [3.05, 3.63) is 0 Å². The number of likely N-dealkylation sites (N-methyl/N-ethyl adjacent to an activating group) is 1. The summed E-state index contributed by atoms with van der Waals surface area (Å²) in [5.41, 5.74) is 0. The van der Waals surface area contributed by atoms with Gasteiger partial charge in [-0.05, 0) is 25.4 Å². The third-order valence-corrected chi connectivity index (χ3v) is 3.40. The second-order valence-electron chi connectivity index (χ2n) is 4.47. The van der Waals surface area contributed by atoms with Crippen LogP contribution < -0.4 is 5.32 Å². The van der Waals surface area contributed by atoms with E-state index < -0.39 is 0 Å². The standard InChI is InChI=1S/C12H26N2O/c1-4-11-6-7-14(9-11)12(10-15-3)8-13-5-2/h11-13H,4-10H2,1-3H3. The number of nitrogens with zero attached hydrogens (tertiary/aromatic N) is 1. The van der Waals surface area contributed by atoms with Gasteiger partial charge in [-0.2, -0.15) is 0 Å². The van der Waals surface area contributed by atoms with Crippen molar-refractivity contribution >= 4 is 0 Å². The molecule has 0 amide bonds. The Balaban J connectivity index is 2.34. The van der Waals surface area contributed by atoms with Crippen LogP contribution in [0.2, 0.25) is 0 Å². The van der Waals surface area contributed by atoms with Crippen LogP contribution >= 0.6 is 0 Å². The summed E-state index contributed by atoms with van der Waals surface area (Å²) in [7, 11) is 1.80. The molecule has 2 atom stereocenters. The molecule has 1 fully saturated rings. The third kappa shape index (κ3) is 4.09. The molecule has 0 aromatic rings. The molecule has 3 heteroatoms. The summed E-state index contributed by atoms with van der Waals surface area (Å²) >= 11 is 0. The van der Waals surface area contributed by atoms with Crippen LogP contribution in [0.1, 0.15) is 26.7 Å². The Morgan fingerprint density at radius 3 is 2.80 bits per heavy atom. The van der Waals surface area contributed by atoms with Crippen LogP contribution in [0.25, 0.3) is 0 Å². The van der Waals surface area contributed by atoms with Crippen molar-refractivity contribution in [1.82, 2.24) is 10.2 Å². The highest BCUT2D eigenvalue weighted by Crippen LogP contribution is 2.20. The Bertz CT molecular complexity index is 164. The summed E-state index contributed by atoms with van der Waals surface area (Å²) in [6, 6.07) is 0.562. The van der Waals surface area contributed by atoms with Gasteiger partial charge in [0.15, 0.2) is 0 Å². The first-order valence-corrected chi connectivity index (χ1v) is 6.25. The second kappa shape index (κ2) is 7.20. The van der Waals surface area contributed by atoms with Crippen LogP contribution in [0.15, 0.2) is 0 Å². The molecule has 0 bridgehead atoms. The Morgan fingerprint density at radius 1 is 1.47 bits per heavy atom. The molecular formula is C12H26N2O. The molecular weight excluding hydrogens is 188 g/mol. The average Bonchev–Trinajstić information content (AvgIpc) is 2.72. The zero-order valence-corrected chi connectivity index (χ0v) is 10.5. The molecule has 0 spiro atoms. The molecule has 0 aliphatic carbocycles. The van der Waals surface area contributed by atoms with Crippen LogP contribution in [-0.4, -0.2) is 50.8 Å². The fraction of sp³-hybridized carbons (Fsp3) is 1.00. The minimum absolute atomic E-state index is 0.562. The van der Waals surface area contributed by atoms with Crippen LogP contribution in [0.5, 0.6) is 0 Å². The van der Waals surface area contributed by atoms with Gasteiger partial charge in [0, 0.05) is 26.2 Å². The predicted octanol–water partition coefficient (Wildman–Crippen LogP) is 1.34. The molecule has 1 aliphatic heterocycles. The van der Waals surface area contributed by atoms with Gasteiger partial charge in [0.2, 0.25) is 0 Å². The summed E-state index contributed by atoms with van der Waals surface area (Å²) in [6.45, 7) is 9.91. The molecule has 3 nitrogen and oxygen atoms in total. The van der Waals surface area contributed by atoms with Gasteiger partial charge in [-0.25, -0.2) is 0 Å². The third-order valence-electron chi connectivity index (χ3n) is 3.40. The first-order valence-electron chi connectivity index (χ1n) is 6.25. The minimum Gasteiger partial charge on any atom is -0.383 e. The highest BCUT2D eigenvalue weighted by atomic mass is 16.5. The molecule has 0 saturated carbocycles. The summed E-state index contributed by atoms with van der Waals surface area (Å²) in [6.07, 6.45) is 2.68. The zero-order chi connectivity index (χ0) is 11.1. The summed E-state index contributed by atoms with van der Waals surface area (Å²) in [5.74, 6) is 0.908. The number of ether oxygens (including phenoxy) is 1. The van der Waals surface area contributed by atoms with Crippen molar-refractivity contribution in [2.75, 3.05) is 39.9 Å². The maximum Gasteiger partial charge on any atom is 0.0630 e. The number of rotatable bonds is 7. The van der Waals surface area contributed by atoms with E-state index >= 15 is 0 Å². The Kier molecular flexibility index (Phi) is 6.22. The van der Waals surface area contributed by atoms with Crippen LogP contribution in [0, 0.1) is 5.92 Å². The van der Waals surface area contributed by atoms with Gasteiger partial charge in [0.1, 0.15) is 0 Å². The quantitative estimate of drug-likeness (QED) is 0.692. The van der Waals surface area contributed by atoms with Gasteiger partial charge in [-0.3, -0.25) is 4.90 Å². The van der Waals surface area contributed by atoms with E-state index in [0.717, 1.165) is 25.6 Å². The maximum atomic E-state index is 5.30. The summed E-state index contributed by atoms with van der Waals surface area (Å²) in [4.78, 5) is 2.58. The van der Waals surface area contributed by atoms with E-state index in [-0.39, 0.29) is 0 Å². The van der Waals surface area contributed by atoms with Crippen LogP contribution in [-0.2, 0) is 4.74 Å². The van der Waals surface area contributed by atoms with Gasteiger partial charge in [0.05, 0.1) is 6.61 Å². The smallest absolute Gasteiger partial charge is 0.0630 e. The molecule has 1 saturated heterocycles. The number of hydrogen-bond donors (Lipinski definition) is 1. The molecule has 90 valence electrons. The van der Waals surface area contributed by atoms with Gasteiger partial charge in [0.25, 0.3) is 0 Å². The van der Waals surface area contributed by atoms with Crippen molar-refractivity contribution in [1.29, 1.82) is 0 Å². The number of nitrogens with one attached hydrogen (secondary N) is 1. The minimum atomic E-state index is 0.562.